The molecular weight excluding hydrogens is 677 g/mol. The van der Waals surface area contributed by atoms with Crippen molar-refractivity contribution in [2.45, 2.75) is 277 Å². The summed E-state index contributed by atoms with van der Waals surface area (Å²) in [7, 11) is 0. The van der Waals surface area contributed by atoms with Gasteiger partial charge in [-0.05, 0) is 12.8 Å². The minimum atomic E-state index is -1.06. The first-order valence-electron chi connectivity index (χ1n) is 23.9. The van der Waals surface area contributed by atoms with Crippen LogP contribution in [0.4, 0.5) is 0 Å². The van der Waals surface area contributed by atoms with E-state index < -0.39 is 18.0 Å². The Morgan fingerprint density at radius 2 is 0.519 bits per heavy atom. The minimum Gasteiger partial charge on any atom is -0.388 e. The molecule has 0 aromatic heterocycles. The summed E-state index contributed by atoms with van der Waals surface area (Å²) < 4.78 is 0. The van der Waals surface area contributed by atoms with Crippen molar-refractivity contribution in [1.82, 2.24) is 0 Å². The fourth-order valence-corrected chi connectivity index (χ4v) is 7.18. The summed E-state index contributed by atoms with van der Waals surface area (Å²) in [5.41, 5.74) is 0. The van der Waals surface area contributed by atoms with E-state index in [0.29, 0.717) is 12.8 Å². The molecule has 0 aromatic rings. The first kappa shape index (κ1) is 52.8. The fraction of sp³-hybridized carbons (Fsp3) is 0.957. The summed E-state index contributed by atoms with van der Waals surface area (Å²) in [5.74, 6) is -0.859. The van der Waals surface area contributed by atoms with E-state index in [1.165, 1.54) is 205 Å². The summed E-state index contributed by atoms with van der Waals surface area (Å²) in [6, 6.07) is 0. The lowest BCUT2D eigenvalue weighted by Crippen LogP contribution is -2.23. The van der Waals surface area contributed by atoms with Gasteiger partial charge in [0.05, 0.1) is 0 Å². The molecule has 7 heteroatoms. The molecule has 0 atom stereocenters. The predicted octanol–water partition coefficient (Wildman–Crippen LogP) is 14.9. The van der Waals surface area contributed by atoms with Gasteiger partial charge in [-0.2, -0.15) is 9.78 Å². The molecule has 7 nitrogen and oxygen atoms in total. The molecular formula is C47H92O7. The zero-order chi connectivity index (χ0) is 39.3. The van der Waals surface area contributed by atoms with Gasteiger partial charge < -0.3 is 5.11 Å². The van der Waals surface area contributed by atoms with E-state index in [9.17, 15) is 14.7 Å². The SMILES string of the molecule is CCCCCCCCCCCCCCCCCCCCCC(=O)OOCC(O)COOC(=O)CCCCCCCCCCCCCCCCCCCCC. The van der Waals surface area contributed by atoms with E-state index in [0.717, 1.165) is 38.5 Å². The molecule has 1 N–H and O–H groups in total. The van der Waals surface area contributed by atoms with Crippen molar-refractivity contribution < 1.29 is 34.2 Å². The van der Waals surface area contributed by atoms with Crippen LogP contribution in [0.1, 0.15) is 271 Å². The number of carbonyl (C=O) groups excluding carboxylic acids is 2. The lowest BCUT2D eigenvalue weighted by Gasteiger charge is -2.10. The van der Waals surface area contributed by atoms with Gasteiger partial charge >= 0.3 is 11.9 Å². The molecule has 0 spiro atoms. The van der Waals surface area contributed by atoms with Gasteiger partial charge in [0.2, 0.25) is 0 Å². The molecule has 0 aromatic carbocycles. The Morgan fingerprint density at radius 3 is 0.722 bits per heavy atom. The Hall–Kier alpha value is -1.18. The van der Waals surface area contributed by atoms with Gasteiger partial charge in [-0.3, -0.25) is 9.78 Å². The van der Waals surface area contributed by atoms with Crippen LogP contribution >= 0.6 is 0 Å². The van der Waals surface area contributed by atoms with Crippen LogP contribution in [0, 0.1) is 0 Å². The van der Waals surface area contributed by atoms with E-state index in [4.69, 9.17) is 19.6 Å². The smallest absolute Gasteiger partial charge is 0.342 e. The van der Waals surface area contributed by atoms with Crippen LogP contribution in [0.15, 0.2) is 0 Å². The van der Waals surface area contributed by atoms with Gasteiger partial charge in [0.1, 0.15) is 19.3 Å². The van der Waals surface area contributed by atoms with E-state index in [2.05, 4.69) is 13.8 Å². The van der Waals surface area contributed by atoms with Gasteiger partial charge in [-0.15, -0.1) is 0 Å². The van der Waals surface area contributed by atoms with Crippen molar-refractivity contribution in [1.29, 1.82) is 0 Å². The first-order chi connectivity index (χ1) is 26.6. The van der Waals surface area contributed by atoms with Crippen molar-refractivity contribution in [3.8, 4) is 0 Å². The lowest BCUT2D eigenvalue weighted by molar-refractivity contribution is -0.305. The van der Waals surface area contributed by atoms with Crippen LogP contribution < -0.4 is 0 Å². The molecule has 0 amide bonds. The molecule has 0 heterocycles. The maximum Gasteiger partial charge on any atom is 0.342 e. The Labute approximate surface area is 335 Å². The van der Waals surface area contributed by atoms with Crippen LogP contribution in [0.3, 0.4) is 0 Å². The highest BCUT2D eigenvalue weighted by molar-refractivity contribution is 5.68. The Balaban J connectivity index is 3.33. The Morgan fingerprint density at radius 1 is 0.333 bits per heavy atom. The van der Waals surface area contributed by atoms with Crippen LogP contribution in [0.2, 0.25) is 0 Å². The van der Waals surface area contributed by atoms with Gasteiger partial charge in [-0.1, -0.05) is 245 Å². The average Bonchev–Trinajstić information content (AvgIpc) is 3.16. The maximum atomic E-state index is 11.9. The standard InChI is InChI=1S/C47H92O7/c1-3-5-7-9-11-13-15-17-19-21-23-25-27-29-31-33-35-37-39-41-46(49)53-51-43-45(48)44-52-54-47(50)42-40-38-36-34-32-30-28-26-24-22-20-18-16-14-12-10-8-6-4-2/h45,48H,3-44H2,1-2H3. The molecule has 0 saturated carbocycles. The number of rotatable bonds is 46. The van der Waals surface area contributed by atoms with Gasteiger partial charge in [0.15, 0.2) is 0 Å². The molecule has 322 valence electrons. The molecule has 0 saturated heterocycles. The third-order valence-electron chi connectivity index (χ3n) is 10.8. The molecule has 0 radical (unpaired) electrons. The Kier molecular flexibility index (Phi) is 45.2. The zero-order valence-corrected chi connectivity index (χ0v) is 36.2. The molecule has 0 rings (SSSR count). The molecule has 0 fully saturated rings. The van der Waals surface area contributed by atoms with Crippen molar-refractivity contribution in [2.24, 2.45) is 0 Å². The highest BCUT2D eigenvalue weighted by Crippen LogP contribution is 2.17. The van der Waals surface area contributed by atoms with Crippen LogP contribution in [0.5, 0.6) is 0 Å². The largest absolute Gasteiger partial charge is 0.388 e. The molecule has 0 aliphatic rings. The van der Waals surface area contributed by atoms with E-state index in [1.54, 1.807) is 0 Å². The van der Waals surface area contributed by atoms with Gasteiger partial charge in [0.25, 0.3) is 0 Å². The monoisotopic (exact) mass is 769 g/mol. The molecule has 0 aliphatic heterocycles. The summed E-state index contributed by atoms with van der Waals surface area (Å²) in [6.45, 7) is 4.09. The highest BCUT2D eigenvalue weighted by atomic mass is 17.2. The highest BCUT2D eigenvalue weighted by Gasteiger charge is 2.11. The second kappa shape index (κ2) is 46.2. The van der Waals surface area contributed by atoms with Crippen molar-refractivity contribution in [2.75, 3.05) is 13.2 Å². The van der Waals surface area contributed by atoms with Crippen molar-refractivity contribution in [3.63, 3.8) is 0 Å². The van der Waals surface area contributed by atoms with E-state index in [1.807, 2.05) is 0 Å². The van der Waals surface area contributed by atoms with Crippen LogP contribution in [-0.4, -0.2) is 36.4 Å². The number of aliphatic hydroxyl groups is 1. The van der Waals surface area contributed by atoms with Crippen LogP contribution in [0.25, 0.3) is 0 Å². The molecule has 54 heavy (non-hydrogen) atoms. The van der Waals surface area contributed by atoms with Gasteiger partial charge in [0, 0.05) is 12.8 Å². The molecule has 0 bridgehead atoms. The maximum absolute atomic E-state index is 11.9. The number of carbonyl (C=O) groups is 2. The van der Waals surface area contributed by atoms with E-state index >= 15 is 0 Å². The quantitative estimate of drug-likeness (QED) is 0.0374. The minimum absolute atomic E-state index is 0.234. The number of unbranched alkanes of at least 4 members (excludes halogenated alkanes) is 36. The fourth-order valence-electron chi connectivity index (χ4n) is 7.18. The topological polar surface area (TPSA) is 91.3 Å². The third-order valence-corrected chi connectivity index (χ3v) is 10.8. The van der Waals surface area contributed by atoms with Gasteiger partial charge in [-0.25, -0.2) is 9.59 Å². The second-order valence-electron chi connectivity index (χ2n) is 16.4. The number of aliphatic hydroxyl groups excluding tert-OH is 1. The third kappa shape index (κ3) is 45.2. The lowest BCUT2D eigenvalue weighted by atomic mass is 10.0. The summed E-state index contributed by atoms with van der Waals surface area (Å²) in [5, 5.41) is 9.93. The summed E-state index contributed by atoms with van der Waals surface area (Å²) >= 11 is 0. The van der Waals surface area contributed by atoms with E-state index in [-0.39, 0.29) is 13.2 Å². The zero-order valence-electron chi connectivity index (χ0n) is 36.2. The summed E-state index contributed by atoms with van der Waals surface area (Å²) in [4.78, 5) is 43.0. The Bertz CT molecular complexity index is 686. The second-order valence-corrected chi connectivity index (χ2v) is 16.4. The van der Waals surface area contributed by atoms with Crippen molar-refractivity contribution >= 4 is 11.9 Å². The summed E-state index contributed by atoms with van der Waals surface area (Å²) in [6.07, 6.45) is 49.5. The predicted molar refractivity (Wildman–Crippen MR) is 226 cm³/mol. The first-order valence-corrected chi connectivity index (χ1v) is 23.9. The molecule has 0 aliphatic carbocycles. The van der Waals surface area contributed by atoms with Crippen molar-refractivity contribution in [3.05, 3.63) is 0 Å². The van der Waals surface area contributed by atoms with Crippen LogP contribution in [-0.2, 0) is 29.1 Å². The number of hydrogen-bond donors (Lipinski definition) is 1. The normalized spacial score (nSPS) is 11.5. The number of hydrogen-bond acceptors (Lipinski definition) is 7. The molecule has 0 unspecified atom stereocenters. The average molecular weight is 769 g/mol.